The Bertz CT molecular complexity index is 193. The van der Waals surface area contributed by atoms with Gasteiger partial charge in [-0.05, 0) is 6.42 Å². The number of likely N-dealkylation sites (tertiary alicyclic amines) is 1. The first-order valence-corrected chi connectivity index (χ1v) is 3.22. The molecule has 61 valence electrons. The molecule has 1 rings (SSSR count). The SMILES string of the molecule is O=[C]N1CCCC1(O)C(=O)O. The molecule has 1 fully saturated rings. The number of amides is 1. The van der Waals surface area contributed by atoms with Gasteiger partial charge < -0.3 is 10.2 Å². The number of aliphatic hydroxyl groups is 1. The summed E-state index contributed by atoms with van der Waals surface area (Å²) in [6, 6.07) is 0. The smallest absolute Gasteiger partial charge is 0.357 e. The highest BCUT2D eigenvalue weighted by molar-refractivity contribution is 5.79. The maximum Gasteiger partial charge on any atom is 0.357 e. The molecule has 0 aromatic heterocycles. The van der Waals surface area contributed by atoms with E-state index in [0.29, 0.717) is 6.42 Å². The highest BCUT2D eigenvalue weighted by atomic mass is 16.4. The highest BCUT2D eigenvalue weighted by Crippen LogP contribution is 2.24. The minimum Gasteiger partial charge on any atom is -0.478 e. The highest BCUT2D eigenvalue weighted by Gasteiger charge is 2.46. The third-order valence-electron chi connectivity index (χ3n) is 1.81. The zero-order valence-electron chi connectivity index (χ0n) is 5.78. The van der Waals surface area contributed by atoms with Crippen molar-refractivity contribution in [1.29, 1.82) is 0 Å². The number of aliphatic carboxylic acids is 1. The van der Waals surface area contributed by atoms with Crippen LogP contribution >= 0.6 is 0 Å². The van der Waals surface area contributed by atoms with Crippen LogP contribution in [0.1, 0.15) is 12.8 Å². The van der Waals surface area contributed by atoms with Crippen LogP contribution < -0.4 is 0 Å². The molecule has 5 nitrogen and oxygen atoms in total. The van der Waals surface area contributed by atoms with Gasteiger partial charge in [-0.3, -0.25) is 9.69 Å². The first kappa shape index (κ1) is 8.00. The number of rotatable bonds is 2. The van der Waals surface area contributed by atoms with Gasteiger partial charge in [-0.15, -0.1) is 0 Å². The number of carbonyl (C=O) groups is 1. The maximum atomic E-state index is 10.4. The molecular weight excluding hydrogens is 150 g/mol. The van der Waals surface area contributed by atoms with Crippen molar-refractivity contribution >= 4 is 12.4 Å². The average Bonchev–Trinajstić information content (AvgIpc) is 2.32. The summed E-state index contributed by atoms with van der Waals surface area (Å²) in [4.78, 5) is 21.3. The van der Waals surface area contributed by atoms with E-state index < -0.39 is 11.7 Å². The Kier molecular flexibility index (Phi) is 1.82. The largest absolute Gasteiger partial charge is 0.478 e. The molecule has 0 saturated carbocycles. The van der Waals surface area contributed by atoms with Crippen LogP contribution in [0.25, 0.3) is 0 Å². The predicted octanol–water partition coefficient (Wildman–Crippen LogP) is -1.08. The Morgan fingerprint density at radius 3 is 2.64 bits per heavy atom. The molecule has 1 heterocycles. The van der Waals surface area contributed by atoms with Crippen molar-refractivity contribution in [2.75, 3.05) is 6.54 Å². The number of hydrogen-bond donors (Lipinski definition) is 2. The summed E-state index contributed by atoms with van der Waals surface area (Å²) >= 11 is 0. The van der Waals surface area contributed by atoms with Crippen molar-refractivity contribution in [3.8, 4) is 0 Å². The van der Waals surface area contributed by atoms with Crippen LogP contribution in [0.15, 0.2) is 0 Å². The van der Waals surface area contributed by atoms with Gasteiger partial charge in [0.2, 0.25) is 5.72 Å². The van der Waals surface area contributed by atoms with Crippen molar-refractivity contribution in [3.05, 3.63) is 0 Å². The number of carboxylic acids is 1. The predicted molar refractivity (Wildman–Crippen MR) is 34.2 cm³/mol. The first-order valence-electron chi connectivity index (χ1n) is 3.22. The van der Waals surface area contributed by atoms with Gasteiger partial charge in [0.15, 0.2) is 0 Å². The van der Waals surface area contributed by atoms with Crippen LogP contribution in [-0.2, 0) is 9.59 Å². The Labute approximate surface area is 63.2 Å². The Balaban J connectivity index is 2.83. The van der Waals surface area contributed by atoms with Crippen molar-refractivity contribution in [3.63, 3.8) is 0 Å². The average molecular weight is 158 g/mol. The van der Waals surface area contributed by atoms with Crippen LogP contribution in [0.5, 0.6) is 0 Å². The molecule has 1 amide bonds. The number of carboxylic acid groups (broad SMARTS) is 1. The topological polar surface area (TPSA) is 77.8 Å². The number of nitrogens with zero attached hydrogens (tertiary/aromatic N) is 1. The molecule has 0 aromatic rings. The first-order chi connectivity index (χ1) is 5.11. The van der Waals surface area contributed by atoms with Gasteiger partial charge in [-0.1, -0.05) is 0 Å². The van der Waals surface area contributed by atoms with Crippen LogP contribution in [0.3, 0.4) is 0 Å². The van der Waals surface area contributed by atoms with Crippen molar-refractivity contribution in [2.45, 2.75) is 18.6 Å². The van der Waals surface area contributed by atoms with Crippen molar-refractivity contribution in [2.24, 2.45) is 0 Å². The van der Waals surface area contributed by atoms with Crippen LogP contribution in [0.4, 0.5) is 0 Å². The summed E-state index contributed by atoms with van der Waals surface area (Å²) in [6.07, 6.45) is 1.97. The molecular formula is C6H8NO4. The summed E-state index contributed by atoms with van der Waals surface area (Å²) in [6.45, 7) is 0.256. The van der Waals surface area contributed by atoms with E-state index in [1.54, 1.807) is 0 Å². The molecule has 1 atom stereocenters. The van der Waals surface area contributed by atoms with Crippen LogP contribution in [0.2, 0.25) is 0 Å². The van der Waals surface area contributed by atoms with Gasteiger partial charge in [-0.25, -0.2) is 4.79 Å². The number of hydrogen-bond acceptors (Lipinski definition) is 3. The minimum atomic E-state index is -2.01. The van der Waals surface area contributed by atoms with Crippen molar-refractivity contribution < 1.29 is 19.8 Å². The van der Waals surface area contributed by atoms with Crippen LogP contribution in [0, 0.1) is 0 Å². The van der Waals surface area contributed by atoms with Gasteiger partial charge in [0.05, 0.1) is 0 Å². The normalized spacial score (nSPS) is 30.5. The molecule has 1 aliphatic heterocycles. The molecule has 1 radical (unpaired) electrons. The third-order valence-corrected chi connectivity index (χ3v) is 1.81. The molecule has 0 bridgehead atoms. The molecule has 2 N–H and O–H groups in total. The van der Waals surface area contributed by atoms with E-state index in [9.17, 15) is 14.7 Å². The second-order valence-corrected chi connectivity index (χ2v) is 2.47. The lowest BCUT2D eigenvalue weighted by atomic mass is 10.1. The molecule has 5 heteroatoms. The molecule has 11 heavy (non-hydrogen) atoms. The fourth-order valence-electron chi connectivity index (χ4n) is 1.15. The second kappa shape index (κ2) is 2.50. The number of carbonyl (C=O) groups excluding carboxylic acids is 1. The van der Waals surface area contributed by atoms with E-state index in [0.717, 1.165) is 4.90 Å². The van der Waals surface area contributed by atoms with Gasteiger partial charge in [-0.2, -0.15) is 0 Å². The Hall–Kier alpha value is -1.10. The Morgan fingerprint density at radius 2 is 2.27 bits per heavy atom. The van der Waals surface area contributed by atoms with Gasteiger partial charge in [0, 0.05) is 13.0 Å². The lowest BCUT2D eigenvalue weighted by molar-refractivity contribution is -0.169. The molecule has 0 aliphatic carbocycles. The van der Waals surface area contributed by atoms with E-state index >= 15 is 0 Å². The van der Waals surface area contributed by atoms with E-state index in [2.05, 4.69) is 0 Å². The summed E-state index contributed by atoms with van der Waals surface area (Å²) in [5, 5.41) is 17.8. The molecule has 1 saturated heterocycles. The molecule has 0 spiro atoms. The Morgan fingerprint density at radius 1 is 1.64 bits per heavy atom. The van der Waals surface area contributed by atoms with Gasteiger partial charge in [0.25, 0.3) is 0 Å². The molecule has 1 unspecified atom stereocenters. The van der Waals surface area contributed by atoms with Gasteiger partial charge >= 0.3 is 12.4 Å². The maximum absolute atomic E-state index is 10.4. The lowest BCUT2D eigenvalue weighted by Crippen LogP contribution is -2.49. The summed E-state index contributed by atoms with van der Waals surface area (Å²) in [5.41, 5.74) is -2.01. The zero-order chi connectivity index (χ0) is 8.48. The second-order valence-electron chi connectivity index (χ2n) is 2.47. The minimum absolute atomic E-state index is 0.0809. The molecule has 1 aliphatic rings. The monoisotopic (exact) mass is 158 g/mol. The van der Waals surface area contributed by atoms with Crippen LogP contribution in [-0.4, -0.2) is 39.8 Å². The summed E-state index contributed by atoms with van der Waals surface area (Å²) < 4.78 is 0. The fraction of sp³-hybridized carbons (Fsp3) is 0.667. The third kappa shape index (κ3) is 1.07. The fourth-order valence-corrected chi connectivity index (χ4v) is 1.15. The van der Waals surface area contributed by atoms with E-state index in [1.165, 1.54) is 6.41 Å². The van der Waals surface area contributed by atoms with E-state index in [-0.39, 0.29) is 13.0 Å². The lowest BCUT2D eigenvalue weighted by Gasteiger charge is -2.24. The van der Waals surface area contributed by atoms with E-state index in [4.69, 9.17) is 5.11 Å². The standard InChI is InChI=1S/C6H8NO4/c8-4-7-3-1-2-6(7,11)5(9)10/h11H,1-3H2,(H,9,10). The molecule has 0 aromatic carbocycles. The zero-order valence-corrected chi connectivity index (χ0v) is 5.78. The van der Waals surface area contributed by atoms with Gasteiger partial charge in [0.1, 0.15) is 0 Å². The van der Waals surface area contributed by atoms with Crippen molar-refractivity contribution in [1.82, 2.24) is 4.90 Å². The summed E-state index contributed by atoms with van der Waals surface area (Å²) in [5.74, 6) is -1.39. The van der Waals surface area contributed by atoms with E-state index in [1.807, 2.05) is 0 Å². The quantitative estimate of drug-likeness (QED) is 0.536. The summed E-state index contributed by atoms with van der Waals surface area (Å²) in [7, 11) is 0.